The Bertz CT molecular complexity index is 277. The van der Waals surface area contributed by atoms with Crippen LogP contribution in [0.2, 0.25) is 0 Å². The highest BCUT2D eigenvalue weighted by atomic mass is 16.6. The Morgan fingerprint density at radius 1 is 1.29 bits per heavy atom. The average Bonchev–Trinajstić information content (AvgIpc) is 2.82. The van der Waals surface area contributed by atoms with Crippen LogP contribution >= 0.6 is 0 Å². The van der Waals surface area contributed by atoms with Crippen LogP contribution in [0.25, 0.3) is 0 Å². The van der Waals surface area contributed by atoms with E-state index >= 15 is 0 Å². The molecule has 0 bridgehead atoms. The molecule has 0 aliphatic carbocycles. The van der Waals surface area contributed by atoms with Gasteiger partial charge in [0.05, 0.1) is 19.8 Å². The van der Waals surface area contributed by atoms with Crippen molar-refractivity contribution in [1.82, 2.24) is 10.2 Å². The van der Waals surface area contributed by atoms with E-state index in [1.54, 1.807) is 0 Å². The molecule has 0 radical (unpaired) electrons. The highest BCUT2D eigenvalue weighted by molar-refractivity contribution is 5.81. The van der Waals surface area contributed by atoms with Crippen molar-refractivity contribution in [3.05, 3.63) is 0 Å². The minimum atomic E-state index is -0.371. The standard InChI is InChI=1S/C12H20N2O3/c15-12(11-8-16-4-5-17-11)14-6-9-2-1-3-13-10(9)7-14/h9-11,13H,1-8H2/t9-,10+,11?/m0/s1. The first kappa shape index (κ1) is 11.4. The Morgan fingerprint density at radius 3 is 3.00 bits per heavy atom. The van der Waals surface area contributed by atoms with E-state index in [0.29, 0.717) is 31.8 Å². The molecule has 3 aliphatic rings. The van der Waals surface area contributed by atoms with Crippen LogP contribution in [0, 0.1) is 5.92 Å². The number of fused-ring (bicyclic) bond motifs is 1. The summed E-state index contributed by atoms with van der Waals surface area (Å²) in [6, 6.07) is 0.497. The van der Waals surface area contributed by atoms with Crippen molar-refractivity contribution >= 4 is 5.91 Å². The molecule has 5 heteroatoms. The molecule has 3 fully saturated rings. The SMILES string of the molecule is O=C(C1COCCO1)N1C[C@@H]2CCCN[C@@H]2C1. The van der Waals surface area contributed by atoms with Gasteiger partial charge in [0.15, 0.2) is 6.10 Å². The van der Waals surface area contributed by atoms with Gasteiger partial charge in [0.25, 0.3) is 5.91 Å². The molecule has 0 aromatic heterocycles. The van der Waals surface area contributed by atoms with Crippen LogP contribution in [0.15, 0.2) is 0 Å². The van der Waals surface area contributed by atoms with E-state index in [1.165, 1.54) is 12.8 Å². The van der Waals surface area contributed by atoms with E-state index in [0.717, 1.165) is 19.6 Å². The van der Waals surface area contributed by atoms with Crippen LogP contribution in [0.1, 0.15) is 12.8 Å². The number of carbonyl (C=O) groups excluding carboxylic acids is 1. The van der Waals surface area contributed by atoms with Crippen molar-refractivity contribution in [1.29, 1.82) is 0 Å². The summed E-state index contributed by atoms with van der Waals surface area (Å²) < 4.78 is 10.8. The average molecular weight is 240 g/mol. The first-order valence-electron chi connectivity index (χ1n) is 6.56. The molecule has 0 saturated carbocycles. The van der Waals surface area contributed by atoms with Crippen molar-refractivity contribution in [2.45, 2.75) is 25.0 Å². The molecule has 3 rings (SSSR count). The van der Waals surface area contributed by atoms with Gasteiger partial charge in [-0.2, -0.15) is 0 Å². The third-order valence-electron chi connectivity index (χ3n) is 4.00. The predicted octanol–water partition coefficient (Wildman–Crippen LogP) is -0.388. The third kappa shape index (κ3) is 2.32. The second kappa shape index (κ2) is 4.92. The smallest absolute Gasteiger partial charge is 0.254 e. The van der Waals surface area contributed by atoms with E-state index in [4.69, 9.17) is 9.47 Å². The minimum absolute atomic E-state index is 0.112. The number of hydrogen-bond acceptors (Lipinski definition) is 4. The van der Waals surface area contributed by atoms with Gasteiger partial charge in [-0.1, -0.05) is 0 Å². The maximum absolute atomic E-state index is 12.2. The zero-order chi connectivity index (χ0) is 11.7. The number of nitrogens with zero attached hydrogens (tertiary/aromatic N) is 1. The van der Waals surface area contributed by atoms with Gasteiger partial charge in [-0.15, -0.1) is 0 Å². The molecular formula is C12H20N2O3. The molecule has 3 heterocycles. The molecule has 5 nitrogen and oxygen atoms in total. The Morgan fingerprint density at radius 2 is 2.24 bits per heavy atom. The van der Waals surface area contributed by atoms with E-state index in [-0.39, 0.29) is 12.0 Å². The molecule has 0 aromatic carbocycles. The van der Waals surface area contributed by atoms with Gasteiger partial charge >= 0.3 is 0 Å². The quantitative estimate of drug-likeness (QED) is 0.678. The van der Waals surface area contributed by atoms with Gasteiger partial charge in [-0.25, -0.2) is 0 Å². The van der Waals surface area contributed by atoms with E-state index < -0.39 is 0 Å². The Labute approximate surface area is 101 Å². The highest BCUT2D eigenvalue weighted by Gasteiger charge is 2.39. The summed E-state index contributed by atoms with van der Waals surface area (Å²) in [5.41, 5.74) is 0. The van der Waals surface area contributed by atoms with Gasteiger partial charge in [-0.3, -0.25) is 4.79 Å². The highest BCUT2D eigenvalue weighted by Crippen LogP contribution is 2.25. The van der Waals surface area contributed by atoms with Crippen LogP contribution in [0.5, 0.6) is 0 Å². The van der Waals surface area contributed by atoms with Gasteiger partial charge in [0.1, 0.15) is 0 Å². The normalized spacial score (nSPS) is 37.9. The lowest BCUT2D eigenvalue weighted by atomic mass is 9.94. The van der Waals surface area contributed by atoms with Crippen molar-refractivity contribution in [3.63, 3.8) is 0 Å². The second-order valence-electron chi connectivity index (χ2n) is 5.14. The van der Waals surface area contributed by atoms with Crippen molar-refractivity contribution < 1.29 is 14.3 Å². The fourth-order valence-corrected chi connectivity index (χ4v) is 3.06. The zero-order valence-corrected chi connectivity index (χ0v) is 10.1. The fourth-order valence-electron chi connectivity index (χ4n) is 3.06. The third-order valence-corrected chi connectivity index (χ3v) is 4.00. The largest absolute Gasteiger partial charge is 0.376 e. The van der Waals surface area contributed by atoms with Crippen molar-refractivity contribution in [3.8, 4) is 0 Å². The van der Waals surface area contributed by atoms with Gasteiger partial charge < -0.3 is 19.7 Å². The summed E-state index contributed by atoms with van der Waals surface area (Å²) in [6.07, 6.45) is 2.10. The molecule has 3 aliphatic heterocycles. The lowest BCUT2D eigenvalue weighted by Gasteiger charge is -2.26. The topological polar surface area (TPSA) is 50.8 Å². The van der Waals surface area contributed by atoms with Crippen LogP contribution in [0.3, 0.4) is 0 Å². The maximum atomic E-state index is 12.2. The number of piperidine rings is 1. The number of hydrogen-bond donors (Lipinski definition) is 1. The summed E-state index contributed by atoms with van der Waals surface area (Å²) in [6.45, 7) is 4.37. The number of nitrogens with one attached hydrogen (secondary N) is 1. The van der Waals surface area contributed by atoms with Gasteiger partial charge in [0.2, 0.25) is 0 Å². The number of amides is 1. The molecule has 1 N–H and O–H groups in total. The number of rotatable bonds is 1. The van der Waals surface area contributed by atoms with E-state index in [9.17, 15) is 4.79 Å². The Kier molecular flexibility index (Phi) is 3.31. The van der Waals surface area contributed by atoms with Crippen molar-refractivity contribution in [2.75, 3.05) is 39.5 Å². The van der Waals surface area contributed by atoms with Crippen LogP contribution < -0.4 is 5.32 Å². The van der Waals surface area contributed by atoms with Crippen LogP contribution in [-0.4, -0.2) is 62.4 Å². The number of ether oxygens (including phenoxy) is 2. The summed E-state index contributed by atoms with van der Waals surface area (Å²) in [5.74, 6) is 0.748. The monoisotopic (exact) mass is 240 g/mol. The second-order valence-corrected chi connectivity index (χ2v) is 5.14. The molecule has 96 valence electrons. The van der Waals surface area contributed by atoms with Crippen LogP contribution in [-0.2, 0) is 14.3 Å². The van der Waals surface area contributed by atoms with E-state index in [2.05, 4.69) is 5.32 Å². The van der Waals surface area contributed by atoms with Crippen molar-refractivity contribution in [2.24, 2.45) is 5.92 Å². The molecule has 0 spiro atoms. The lowest BCUT2D eigenvalue weighted by molar-refractivity contribution is -0.157. The van der Waals surface area contributed by atoms with Gasteiger partial charge in [-0.05, 0) is 25.3 Å². The van der Waals surface area contributed by atoms with E-state index in [1.807, 2.05) is 4.90 Å². The lowest BCUT2D eigenvalue weighted by Crippen LogP contribution is -2.45. The Balaban J connectivity index is 1.59. The zero-order valence-electron chi connectivity index (χ0n) is 10.1. The molecule has 3 saturated heterocycles. The number of carbonyl (C=O) groups is 1. The van der Waals surface area contributed by atoms with Crippen LogP contribution in [0.4, 0.5) is 0 Å². The molecule has 1 unspecified atom stereocenters. The van der Waals surface area contributed by atoms with Gasteiger partial charge in [0, 0.05) is 19.1 Å². The number of likely N-dealkylation sites (tertiary alicyclic amines) is 1. The maximum Gasteiger partial charge on any atom is 0.254 e. The first-order chi connectivity index (χ1) is 8.34. The molecule has 17 heavy (non-hydrogen) atoms. The summed E-state index contributed by atoms with van der Waals surface area (Å²) in [4.78, 5) is 14.2. The fraction of sp³-hybridized carbons (Fsp3) is 0.917. The first-order valence-corrected chi connectivity index (χ1v) is 6.56. The molecule has 0 aromatic rings. The summed E-state index contributed by atoms with van der Waals surface area (Å²) >= 11 is 0. The Hall–Kier alpha value is -0.650. The molecule has 3 atom stereocenters. The summed E-state index contributed by atoms with van der Waals surface area (Å²) in [7, 11) is 0. The minimum Gasteiger partial charge on any atom is -0.376 e. The summed E-state index contributed by atoms with van der Waals surface area (Å²) in [5, 5.41) is 3.50. The predicted molar refractivity (Wildman–Crippen MR) is 61.7 cm³/mol. The molecule has 1 amide bonds. The molecular weight excluding hydrogens is 220 g/mol.